The lowest BCUT2D eigenvalue weighted by Gasteiger charge is -2.11. The van der Waals surface area contributed by atoms with E-state index < -0.39 is 23.5 Å². The summed E-state index contributed by atoms with van der Waals surface area (Å²) in [5, 5.41) is 3.26. The maximum atomic E-state index is 12.8. The lowest BCUT2D eigenvalue weighted by molar-refractivity contribution is -0.141. The van der Waals surface area contributed by atoms with Gasteiger partial charge in [-0.1, -0.05) is 29.3 Å². The van der Waals surface area contributed by atoms with E-state index in [-0.39, 0.29) is 6.54 Å². The van der Waals surface area contributed by atoms with Crippen molar-refractivity contribution in [2.24, 2.45) is 0 Å². The minimum Gasteiger partial charge on any atom is -0.350 e. The third kappa shape index (κ3) is 4.56. The van der Waals surface area contributed by atoms with Crippen molar-refractivity contribution in [1.82, 2.24) is 15.3 Å². The van der Waals surface area contributed by atoms with E-state index in [1.807, 2.05) is 0 Å². The summed E-state index contributed by atoms with van der Waals surface area (Å²) in [6.45, 7) is 0.0913. The first kappa shape index (κ1) is 17.5. The predicted octanol–water partition coefficient (Wildman–Crippen LogP) is 3.77. The van der Waals surface area contributed by atoms with E-state index in [0.717, 1.165) is 12.4 Å². The van der Waals surface area contributed by atoms with Gasteiger partial charge in [0.15, 0.2) is 11.4 Å². The molecule has 23 heavy (non-hydrogen) atoms. The molecule has 2 aromatic rings. The Kier molecular flexibility index (Phi) is 5.43. The largest absolute Gasteiger partial charge is 0.435 e. The lowest BCUT2D eigenvalue weighted by atomic mass is 10.1. The van der Waals surface area contributed by atoms with Crippen molar-refractivity contribution in [3.05, 3.63) is 57.6 Å². The van der Waals surface area contributed by atoms with Crippen LogP contribution in [0.15, 0.2) is 30.6 Å². The molecule has 0 radical (unpaired) electrons. The van der Waals surface area contributed by atoms with Crippen molar-refractivity contribution in [3.63, 3.8) is 0 Å². The van der Waals surface area contributed by atoms with E-state index in [9.17, 15) is 18.0 Å². The Bertz CT molecular complexity index is 723. The van der Waals surface area contributed by atoms with Gasteiger partial charge in [-0.3, -0.25) is 4.79 Å². The summed E-state index contributed by atoms with van der Waals surface area (Å²) in [4.78, 5) is 18.5. The second kappa shape index (κ2) is 7.14. The van der Waals surface area contributed by atoms with E-state index >= 15 is 0 Å². The molecule has 1 heterocycles. The van der Waals surface area contributed by atoms with E-state index in [4.69, 9.17) is 23.2 Å². The van der Waals surface area contributed by atoms with Gasteiger partial charge in [-0.25, -0.2) is 9.97 Å². The molecule has 2 rings (SSSR count). The van der Waals surface area contributed by atoms with Crippen LogP contribution in [0.1, 0.15) is 21.7 Å². The summed E-state index contributed by atoms with van der Waals surface area (Å²) >= 11 is 11.7. The maximum Gasteiger partial charge on any atom is 0.435 e. The number of alkyl halides is 3. The highest BCUT2D eigenvalue weighted by molar-refractivity contribution is 6.35. The molecule has 9 heteroatoms. The van der Waals surface area contributed by atoms with Crippen LogP contribution >= 0.6 is 23.2 Å². The molecule has 1 aromatic carbocycles. The Labute approximate surface area is 139 Å². The van der Waals surface area contributed by atoms with Gasteiger partial charge in [0.1, 0.15) is 0 Å². The Morgan fingerprint density at radius 3 is 2.52 bits per heavy atom. The quantitative estimate of drug-likeness (QED) is 0.899. The van der Waals surface area contributed by atoms with Crippen molar-refractivity contribution < 1.29 is 18.0 Å². The molecule has 0 saturated carbocycles. The number of halogens is 5. The molecular formula is C14H10Cl2F3N3O. The van der Waals surface area contributed by atoms with E-state index in [0.29, 0.717) is 22.0 Å². The fourth-order valence-electron chi connectivity index (χ4n) is 1.83. The van der Waals surface area contributed by atoms with Gasteiger partial charge < -0.3 is 5.32 Å². The first-order valence-electron chi connectivity index (χ1n) is 6.39. The van der Waals surface area contributed by atoms with Crippen molar-refractivity contribution in [3.8, 4) is 0 Å². The van der Waals surface area contributed by atoms with Gasteiger partial charge in [-0.15, -0.1) is 0 Å². The van der Waals surface area contributed by atoms with Gasteiger partial charge in [0.25, 0.3) is 5.91 Å². The van der Waals surface area contributed by atoms with Gasteiger partial charge in [-0.2, -0.15) is 13.2 Å². The molecule has 1 amide bonds. The zero-order chi connectivity index (χ0) is 17.0. The van der Waals surface area contributed by atoms with E-state index in [1.54, 1.807) is 18.2 Å². The maximum absolute atomic E-state index is 12.8. The number of aromatic nitrogens is 2. The van der Waals surface area contributed by atoms with Crippen molar-refractivity contribution >= 4 is 29.1 Å². The second-order valence-electron chi connectivity index (χ2n) is 4.49. The first-order valence-corrected chi connectivity index (χ1v) is 7.15. The van der Waals surface area contributed by atoms with Gasteiger partial charge in [0.05, 0.1) is 0 Å². The van der Waals surface area contributed by atoms with Crippen LogP contribution < -0.4 is 5.32 Å². The Morgan fingerprint density at radius 1 is 1.17 bits per heavy atom. The number of nitrogens with zero attached hydrogens (tertiary/aromatic N) is 2. The summed E-state index contributed by atoms with van der Waals surface area (Å²) in [5.41, 5.74) is -1.37. The number of carbonyl (C=O) groups is 1. The fourth-order valence-corrected chi connectivity index (χ4v) is 2.33. The highest BCUT2D eigenvalue weighted by Crippen LogP contribution is 2.29. The number of benzene rings is 1. The molecule has 0 aliphatic heterocycles. The molecule has 0 saturated heterocycles. The van der Waals surface area contributed by atoms with E-state index in [2.05, 4.69) is 15.3 Å². The van der Waals surface area contributed by atoms with Crippen LogP contribution in [0.2, 0.25) is 10.0 Å². The number of nitrogens with one attached hydrogen (secondary N) is 1. The van der Waals surface area contributed by atoms with Crippen LogP contribution in [0.5, 0.6) is 0 Å². The number of hydrogen-bond donors (Lipinski definition) is 1. The second-order valence-corrected chi connectivity index (χ2v) is 5.34. The third-order valence-electron chi connectivity index (χ3n) is 2.88. The fraction of sp³-hybridized carbons (Fsp3) is 0.214. The van der Waals surface area contributed by atoms with Crippen LogP contribution in [0.4, 0.5) is 13.2 Å². The smallest absolute Gasteiger partial charge is 0.350 e. The number of hydrogen-bond acceptors (Lipinski definition) is 3. The summed E-state index contributed by atoms with van der Waals surface area (Å²) in [5.74, 6) is -0.949. The Balaban J connectivity index is 2.03. The van der Waals surface area contributed by atoms with Crippen LogP contribution in [0, 0.1) is 0 Å². The van der Waals surface area contributed by atoms with Gasteiger partial charge >= 0.3 is 6.18 Å². The van der Waals surface area contributed by atoms with Gasteiger partial charge in [-0.05, 0) is 24.1 Å². The standard InChI is InChI=1S/C14H10Cl2F3N3O/c15-9-2-1-8(10(16)7-9)3-4-22-13(23)11-12(14(17,18)19)21-6-5-20-11/h1-2,5-7H,3-4H2,(H,22,23). The topological polar surface area (TPSA) is 54.9 Å². The van der Waals surface area contributed by atoms with E-state index in [1.165, 1.54) is 0 Å². The minimum absolute atomic E-state index is 0.0913. The summed E-state index contributed by atoms with van der Waals surface area (Å²) in [6, 6.07) is 4.86. The molecule has 122 valence electrons. The summed E-state index contributed by atoms with van der Waals surface area (Å²) < 4.78 is 38.3. The molecule has 1 aromatic heterocycles. The molecule has 4 nitrogen and oxygen atoms in total. The van der Waals surface area contributed by atoms with Crippen molar-refractivity contribution in [2.75, 3.05) is 6.54 Å². The summed E-state index contributed by atoms with van der Waals surface area (Å²) in [6.07, 6.45) is -2.50. The van der Waals surface area contributed by atoms with Gasteiger partial charge in [0.2, 0.25) is 0 Å². The minimum atomic E-state index is -4.75. The average molecular weight is 364 g/mol. The highest BCUT2D eigenvalue weighted by atomic mass is 35.5. The molecule has 0 fully saturated rings. The average Bonchev–Trinajstić information content (AvgIpc) is 2.48. The van der Waals surface area contributed by atoms with Crippen molar-refractivity contribution in [1.29, 1.82) is 0 Å². The number of carbonyl (C=O) groups excluding carboxylic acids is 1. The summed E-state index contributed by atoms with van der Waals surface area (Å²) in [7, 11) is 0. The Morgan fingerprint density at radius 2 is 1.87 bits per heavy atom. The van der Waals surface area contributed by atoms with Crippen LogP contribution in [0.3, 0.4) is 0 Å². The third-order valence-corrected chi connectivity index (χ3v) is 3.46. The molecular weight excluding hydrogens is 354 g/mol. The highest BCUT2D eigenvalue weighted by Gasteiger charge is 2.37. The first-order chi connectivity index (χ1) is 10.8. The Hall–Kier alpha value is -1.86. The molecule has 1 N–H and O–H groups in total. The lowest BCUT2D eigenvalue weighted by Crippen LogP contribution is -2.29. The van der Waals surface area contributed by atoms with Crippen LogP contribution in [0.25, 0.3) is 0 Å². The predicted molar refractivity (Wildman–Crippen MR) is 79.5 cm³/mol. The normalized spacial score (nSPS) is 11.3. The van der Waals surface area contributed by atoms with Crippen molar-refractivity contribution in [2.45, 2.75) is 12.6 Å². The molecule has 0 bridgehead atoms. The zero-order valence-corrected chi connectivity index (χ0v) is 13.0. The molecule has 0 unspecified atom stereocenters. The molecule has 0 aliphatic rings. The number of rotatable bonds is 4. The monoisotopic (exact) mass is 363 g/mol. The SMILES string of the molecule is O=C(NCCc1ccc(Cl)cc1Cl)c1nccnc1C(F)(F)F. The zero-order valence-electron chi connectivity index (χ0n) is 11.5. The molecule has 0 spiro atoms. The molecule has 0 aliphatic carbocycles. The van der Waals surface area contributed by atoms with Crippen LogP contribution in [-0.2, 0) is 12.6 Å². The molecule has 0 atom stereocenters. The van der Waals surface area contributed by atoms with Gasteiger partial charge in [0, 0.05) is 29.0 Å². The van der Waals surface area contributed by atoms with Crippen LogP contribution in [-0.4, -0.2) is 22.4 Å². The number of amides is 1.